The third-order valence-corrected chi connectivity index (χ3v) is 3.51. The van der Waals surface area contributed by atoms with E-state index in [1.165, 1.54) is 0 Å². The molecular formula is C14H22O3. The van der Waals surface area contributed by atoms with Crippen LogP contribution >= 0.6 is 0 Å². The summed E-state index contributed by atoms with van der Waals surface area (Å²) in [5.74, 6) is 0.698. The highest BCUT2D eigenvalue weighted by Gasteiger charge is 2.23. The summed E-state index contributed by atoms with van der Waals surface area (Å²) in [5, 5.41) is 0. The normalized spacial score (nSPS) is 31.5. The van der Waals surface area contributed by atoms with Crippen LogP contribution in [0.4, 0.5) is 0 Å². The molecule has 3 unspecified atom stereocenters. The van der Waals surface area contributed by atoms with Crippen LogP contribution in [0.1, 0.15) is 45.4 Å². The smallest absolute Gasteiger partial charge is 0.158 e. The third kappa shape index (κ3) is 3.93. The van der Waals surface area contributed by atoms with E-state index in [2.05, 4.69) is 6.08 Å². The zero-order valence-corrected chi connectivity index (χ0v) is 10.6. The lowest BCUT2D eigenvalue weighted by molar-refractivity contribution is -0.127. The molecule has 0 N–H and O–H groups in total. The molecule has 17 heavy (non-hydrogen) atoms. The van der Waals surface area contributed by atoms with Crippen LogP contribution in [-0.2, 0) is 14.3 Å². The van der Waals surface area contributed by atoms with Crippen molar-refractivity contribution in [2.24, 2.45) is 5.92 Å². The van der Waals surface area contributed by atoms with Crippen LogP contribution in [0.25, 0.3) is 0 Å². The largest absolute Gasteiger partial charge is 0.353 e. The van der Waals surface area contributed by atoms with E-state index in [1.54, 1.807) is 0 Å². The lowest BCUT2D eigenvalue weighted by Crippen LogP contribution is -2.17. The Labute approximate surface area is 103 Å². The van der Waals surface area contributed by atoms with Crippen LogP contribution < -0.4 is 0 Å². The number of rotatable bonds is 5. The molecule has 0 radical (unpaired) electrons. The zero-order valence-electron chi connectivity index (χ0n) is 10.6. The molecule has 3 atom stereocenters. The Kier molecular flexibility index (Phi) is 4.75. The average Bonchev–Trinajstić information content (AvgIpc) is 2.91. The van der Waals surface area contributed by atoms with Gasteiger partial charge in [-0.05, 0) is 32.6 Å². The van der Waals surface area contributed by atoms with E-state index in [9.17, 15) is 4.79 Å². The van der Waals surface area contributed by atoms with Gasteiger partial charge in [0.05, 0.1) is 6.10 Å². The molecule has 0 aromatic heterocycles. The van der Waals surface area contributed by atoms with Gasteiger partial charge in [-0.1, -0.05) is 12.2 Å². The molecule has 1 saturated carbocycles. The van der Waals surface area contributed by atoms with E-state index in [0.29, 0.717) is 5.78 Å². The van der Waals surface area contributed by atoms with Crippen molar-refractivity contribution < 1.29 is 14.3 Å². The molecule has 0 amide bonds. The molecule has 0 aromatic carbocycles. The summed E-state index contributed by atoms with van der Waals surface area (Å²) >= 11 is 0. The van der Waals surface area contributed by atoms with Gasteiger partial charge in [-0.3, -0.25) is 4.79 Å². The number of ketones is 1. The predicted molar refractivity (Wildman–Crippen MR) is 65.6 cm³/mol. The predicted octanol–water partition coefficient (Wildman–Crippen LogP) is 2.84. The highest BCUT2D eigenvalue weighted by Crippen LogP contribution is 2.24. The molecule has 1 heterocycles. The van der Waals surface area contributed by atoms with Crippen molar-refractivity contribution in [1.29, 1.82) is 0 Å². The second-order valence-corrected chi connectivity index (χ2v) is 5.00. The highest BCUT2D eigenvalue weighted by atomic mass is 16.7. The third-order valence-electron chi connectivity index (χ3n) is 3.51. The first-order valence-electron chi connectivity index (χ1n) is 6.72. The zero-order chi connectivity index (χ0) is 12.1. The van der Waals surface area contributed by atoms with E-state index in [4.69, 9.17) is 9.47 Å². The summed E-state index contributed by atoms with van der Waals surface area (Å²) in [6.07, 6.45) is 10.1. The molecular weight excluding hydrogens is 216 g/mol. The maximum Gasteiger partial charge on any atom is 0.158 e. The topological polar surface area (TPSA) is 35.5 Å². The van der Waals surface area contributed by atoms with Crippen LogP contribution in [0, 0.1) is 5.92 Å². The molecule has 3 heteroatoms. The minimum atomic E-state index is -0.0252. The monoisotopic (exact) mass is 238 g/mol. The Bertz CT molecular complexity index is 279. The molecule has 0 spiro atoms. The van der Waals surface area contributed by atoms with E-state index in [1.807, 2.05) is 13.0 Å². The Morgan fingerprint density at radius 2 is 2.35 bits per heavy atom. The summed E-state index contributed by atoms with van der Waals surface area (Å²) in [6, 6.07) is 0. The molecule has 0 bridgehead atoms. The number of ether oxygens (including phenoxy) is 2. The van der Waals surface area contributed by atoms with Crippen LogP contribution in [0.5, 0.6) is 0 Å². The van der Waals surface area contributed by atoms with Gasteiger partial charge in [0.15, 0.2) is 6.29 Å². The molecule has 2 rings (SSSR count). The Hall–Kier alpha value is -0.670. The molecule has 1 saturated heterocycles. The van der Waals surface area contributed by atoms with Gasteiger partial charge in [0, 0.05) is 25.4 Å². The fraction of sp³-hybridized carbons (Fsp3) is 0.786. The Balaban J connectivity index is 1.66. The quantitative estimate of drug-likeness (QED) is 0.691. The summed E-state index contributed by atoms with van der Waals surface area (Å²) in [6.45, 7) is 2.84. The molecule has 1 aliphatic heterocycles. The van der Waals surface area contributed by atoms with Gasteiger partial charge in [-0.25, -0.2) is 0 Å². The lowest BCUT2D eigenvalue weighted by atomic mass is 10.0. The average molecular weight is 238 g/mol. The minimum Gasteiger partial charge on any atom is -0.353 e. The highest BCUT2D eigenvalue weighted by molar-refractivity contribution is 5.82. The summed E-state index contributed by atoms with van der Waals surface area (Å²) in [5.41, 5.74) is 0. The van der Waals surface area contributed by atoms with Gasteiger partial charge >= 0.3 is 0 Å². The fourth-order valence-electron chi connectivity index (χ4n) is 2.51. The maximum atomic E-state index is 11.4. The lowest BCUT2D eigenvalue weighted by Gasteiger charge is -2.15. The first kappa shape index (κ1) is 12.8. The van der Waals surface area contributed by atoms with Crippen LogP contribution in [0.2, 0.25) is 0 Å². The number of hydrogen-bond acceptors (Lipinski definition) is 3. The van der Waals surface area contributed by atoms with Crippen molar-refractivity contribution >= 4 is 5.78 Å². The van der Waals surface area contributed by atoms with Crippen LogP contribution in [0.15, 0.2) is 12.2 Å². The molecule has 96 valence electrons. The van der Waals surface area contributed by atoms with E-state index in [0.717, 1.165) is 45.1 Å². The number of carbonyl (C=O) groups excluding carboxylic acids is 1. The second kappa shape index (κ2) is 6.31. The van der Waals surface area contributed by atoms with Gasteiger partial charge in [0.1, 0.15) is 5.78 Å². The fourth-order valence-corrected chi connectivity index (χ4v) is 2.51. The van der Waals surface area contributed by atoms with Crippen molar-refractivity contribution in [3.05, 3.63) is 12.2 Å². The molecule has 3 nitrogen and oxygen atoms in total. The molecule has 2 fully saturated rings. The van der Waals surface area contributed by atoms with Crippen molar-refractivity contribution in [3.63, 3.8) is 0 Å². The molecule has 2 aliphatic rings. The van der Waals surface area contributed by atoms with Crippen molar-refractivity contribution in [2.45, 2.75) is 57.8 Å². The maximum absolute atomic E-state index is 11.4. The van der Waals surface area contributed by atoms with E-state index < -0.39 is 0 Å². The van der Waals surface area contributed by atoms with Gasteiger partial charge in [-0.15, -0.1) is 0 Å². The number of allylic oxidation sites excluding steroid dienone is 1. The van der Waals surface area contributed by atoms with E-state index >= 15 is 0 Å². The van der Waals surface area contributed by atoms with Crippen molar-refractivity contribution in [2.75, 3.05) is 6.61 Å². The van der Waals surface area contributed by atoms with Crippen molar-refractivity contribution in [3.8, 4) is 0 Å². The molecule has 0 aromatic rings. The second-order valence-electron chi connectivity index (χ2n) is 5.00. The van der Waals surface area contributed by atoms with Gasteiger partial charge in [0.25, 0.3) is 0 Å². The van der Waals surface area contributed by atoms with E-state index in [-0.39, 0.29) is 18.3 Å². The minimum absolute atomic E-state index is 0.0252. The van der Waals surface area contributed by atoms with Gasteiger partial charge < -0.3 is 9.47 Å². The van der Waals surface area contributed by atoms with Crippen molar-refractivity contribution in [1.82, 2.24) is 0 Å². The number of Topliss-reactive ketones (excluding diaryl/α,β-unsaturated/α-hetero) is 1. The van der Waals surface area contributed by atoms with Crippen LogP contribution in [0.3, 0.4) is 0 Å². The SMILES string of the molecule is CC(C=CCC1CCCC1=O)OC1CCCO1. The summed E-state index contributed by atoms with van der Waals surface area (Å²) < 4.78 is 11.1. The Morgan fingerprint density at radius 3 is 3.00 bits per heavy atom. The summed E-state index contributed by atoms with van der Waals surface area (Å²) in [7, 11) is 0. The standard InChI is InChI=1S/C14H22O3/c1-11(17-14-9-4-10-16-14)5-2-6-12-7-3-8-13(12)15/h2,5,11-12,14H,3-4,6-10H2,1H3. The number of carbonyl (C=O) groups is 1. The molecule has 1 aliphatic carbocycles. The van der Waals surface area contributed by atoms with Crippen LogP contribution in [-0.4, -0.2) is 24.8 Å². The van der Waals surface area contributed by atoms with Gasteiger partial charge in [0.2, 0.25) is 0 Å². The van der Waals surface area contributed by atoms with Gasteiger partial charge in [-0.2, -0.15) is 0 Å². The summed E-state index contributed by atoms with van der Waals surface area (Å²) in [4.78, 5) is 11.4. The first-order chi connectivity index (χ1) is 8.25. The number of hydrogen-bond donors (Lipinski definition) is 0. The Morgan fingerprint density at radius 1 is 1.47 bits per heavy atom. The first-order valence-corrected chi connectivity index (χ1v) is 6.72.